The van der Waals surface area contributed by atoms with Gasteiger partial charge in [-0.2, -0.15) is 5.10 Å². The minimum atomic E-state index is -0.610. The number of amides is 1. The smallest absolute Gasteiger partial charge is 0.272 e. The van der Waals surface area contributed by atoms with Crippen LogP contribution in [0.3, 0.4) is 0 Å². The lowest BCUT2D eigenvalue weighted by atomic mass is 9.99. The topological polar surface area (TPSA) is 67.0 Å². The predicted octanol–water partition coefficient (Wildman–Crippen LogP) is 2.68. The zero-order chi connectivity index (χ0) is 17.3. The van der Waals surface area contributed by atoms with Gasteiger partial charge in [0.25, 0.3) is 5.91 Å². The van der Waals surface area contributed by atoms with Crippen molar-refractivity contribution < 1.29 is 18.3 Å². The van der Waals surface area contributed by atoms with Gasteiger partial charge in [-0.25, -0.2) is 8.78 Å². The van der Waals surface area contributed by atoms with E-state index in [1.807, 2.05) is 13.8 Å². The minimum Gasteiger partial charge on any atom is -0.369 e. The molecule has 1 amide bonds. The van der Waals surface area contributed by atoms with Crippen LogP contribution in [0.4, 0.5) is 8.78 Å². The number of ether oxygens (including phenoxy) is 1. The van der Waals surface area contributed by atoms with Gasteiger partial charge in [-0.1, -0.05) is 6.07 Å². The maximum atomic E-state index is 13.6. The van der Waals surface area contributed by atoms with Crippen LogP contribution in [-0.2, 0) is 17.6 Å². The first-order chi connectivity index (χ1) is 11.5. The Morgan fingerprint density at radius 3 is 2.79 bits per heavy atom. The Morgan fingerprint density at radius 1 is 1.38 bits per heavy atom. The van der Waals surface area contributed by atoms with Crippen LogP contribution in [0.5, 0.6) is 0 Å². The SMILES string of the molecule is C[C@@H]1Cc2c(C(=O)NCCc3c(F)cccc3F)n[nH]c2[C@H](C)O1. The van der Waals surface area contributed by atoms with E-state index in [4.69, 9.17) is 4.74 Å². The van der Waals surface area contributed by atoms with E-state index >= 15 is 0 Å². The number of hydrogen-bond acceptors (Lipinski definition) is 3. The number of halogens is 2. The van der Waals surface area contributed by atoms with Gasteiger partial charge in [0.15, 0.2) is 5.69 Å². The number of benzene rings is 1. The van der Waals surface area contributed by atoms with Gasteiger partial charge in [0.2, 0.25) is 0 Å². The highest BCUT2D eigenvalue weighted by Gasteiger charge is 2.29. The molecular weight excluding hydrogens is 316 g/mol. The first-order valence-corrected chi connectivity index (χ1v) is 7.91. The third-order valence-electron chi connectivity index (χ3n) is 4.17. The summed E-state index contributed by atoms with van der Waals surface area (Å²) in [4.78, 5) is 12.3. The maximum absolute atomic E-state index is 13.6. The Balaban J connectivity index is 1.66. The average molecular weight is 335 g/mol. The Labute approximate surface area is 138 Å². The van der Waals surface area contributed by atoms with Gasteiger partial charge < -0.3 is 10.1 Å². The minimum absolute atomic E-state index is 0.00385. The molecule has 1 aromatic carbocycles. The van der Waals surface area contributed by atoms with Crippen molar-refractivity contribution in [3.63, 3.8) is 0 Å². The van der Waals surface area contributed by atoms with Crippen LogP contribution in [0.15, 0.2) is 18.2 Å². The summed E-state index contributed by atoms with van der Waals surface area (Å²) in [6.45, 7) is 3.96. The highest BCUT2D eigenvalue weighted by Crippen LogP contribution is 2.30. The highest BCUT2D eigenvalue weighted by atomic mass is 19.1. The third kappa shape index (κ3) is 3.17. The molecule has 2 aromatic rings. The van der Waals surface area contributed by atoms with Crippen LogP contribution in [0, 0.1) is 11.6 Å². The van der Waals surface area contributed by atoms with Crippen molar-refractivity contribution in [2.75, 3.05) is 6.54 Å². The summed E-state index contributed by atoms with van der Waals surface area (Å²) in [5.41, 5.74) is 1.94. The van der Waals surface area contributed by atoms with Crippen molar-refractivity contribution in [1.82, 2.24) is 15.5 Å². The van der Waals surface area contributed by atoms with Gasteiger partial charge in [-0.05, 0) is 32.4 Å². The van der Waals surface area contributed by atoms with Gasteiger partial charge in [0, 0.05) is 24.1 Å². The van der Waals surface area contributed by atoms with Gasteiger partial charge in [-0.3, -0.25) is 9.89 Å². The molecule has 0 saturated heterocycles. The number of rotatable bonds is 4. The lowest BCUT2D eigenvalue weighted by molar-refractivity contribution is -0.00697. The number of aromatic amines is 1. The molecule has 24 heavy (non-hydrogen) atoms. The van der Waals surface area contributed by atoms with Crippen molar-refractivity contribution >= 4 is 5.91 Å². The summed E-state index contributed by atoms with van der Waals surface area (Å²) < 4.78 is 32.8. The summed E-state index contributed by atoms with van der Waals surface area (Å²) in [5.74, 6) is -1.58. The number of fused-ring (bicyclic) bond motifs is 1. The molecular formula is C17H19F2N3O2. The number of carbonyl (C=O) groups excluding carboxylic acids is 1. The molecule has 2 atom stereocenters. The van der Waals surface area contributed by atoms with Crippen molar-refractivity contribution in [2.45, 2.75) is 38.9 Å². The molecule has 2 heterocycles. The monoisotopic (exact) mass is 335 g/mol. The number of hydrogen-bond donors (Lipinski definition) is 2. The van der Waals surface area contributed by atoms with Gasteiger partial charge in [0.05, 0.1) is 17.9 Å². The molecule has 0 saturated carbocycles. The number of carbonyl (C=O) groups is 1. The van der Waals surface area contributed by atoms with Crippen LogP contribution >= 0.6 is 0 Å². The van der Waals surface area contributed by atoms with Crippen molar-refractivity contribution in [1.29, 1.82) is 0 Å². The van der Waals surface area contributed by atoms with Gasteiger partial charge in [-0.15, -0.1) is 0 Å². The Hall–Kier alpha value is -2.28. The number of aromatic nitrogens is 2. The second kappa shape index (κ2) is 6.68. The zero-order valence-electron chi connectivity index (χ0n) is 13.5. The molecule has 2 N–H and O–H groups in total. The quantitative estimate of drug-likeness (QED) is 0.903. The Bertz CT molecular complexity index is 740. The third-order valence-corrected chi connectivity index (χ3v) is 4.17. The number of nitrogens with one attached hydrogen (secondary N) is 2. The summed E-state index contributed by atoms with van der Waals surface area (Å²) >= 11 is 0. The van der Waals surface area contributed by atoms with E-state index < -0.39 is 11.6 Å². The fraction of sp³-hybridized carbons (Fsp3) is 0.412. The molecule has 128 valence electrons. The molecule has 1 aromatic heterocycles. The standard InChI is InChI=1S/C17H19F2N3O2/c1-9-8-12-15(10(2)24-9)21-22-16(12)17(23)20-7-6-11-13(18)4-3-5-14(11)19/h3-5,9-10H,6-8H2,1-2H3,(H,20,23)(H,21,22)/t9-,10+/m1/s1. The fourth-order valence-corrected chi connectivity index (χ4v) is 3.02. The number of H-pyrrole nitrogens is 1. The van der Waals surface area contributed by atoms with Crippen molar-refractivity contribution in [3.8, 4) is 0 Å². The lowest BCUT2D eigenvalue weighted by Crippen LogP contribution is -2.29. The predicted molar refractivity (Wildman–Crippen MR) is 83.6 cm³/mol. The molecule has 0 radical (unpaired) electrons. The second-order valence-corrected chi connectivity index (χ2v) is 5.96. The van der Waals surface area contributed by atoms with E-state index in [1.54, 1.807) is 0 Å². The van der Waals surface area contributed by atoms with E-state index in [1.165, 1.54) is 18.2 Å². The summed E-state index contributed by atoms with van der Waals surface area (Å²) in [5, 5.41) is 9.60. The lowest BCUT2D eigenvalue weighted by Gasteiger charge is -2.25. The maximum Gasteiger partial charge on any atom is 0.272 e. The van der Waals surface area contributed by atoms with E-state index in [-0.39, 0.29) is 36.6 Å². The largest absolute Gasteiger partial charge is 0.369 e. The van der Waals surface area contributed by atoms with Crippen molar-refractivity contribution in [2.24, 2.45) is 0 Å². The van der Waals surface area contributed by atoms with Crippen LogP contribution < -0.4 is 5.32 Å². The first-order valence-electron chi connectivity index (χ1n) is 7.91. The Morgan fingerprint density at radius 2 is 2.08 bits per heavy atom. The van der Waals surface area contributed by atoms with Crippen LogP contribution in [0.25, 0.3) is 0 Å². The van der Waals surface area contributed by atoms with Crippen LogP contribution in [-0.4, -0.2) is 28.8 Å². The normalized spacial score (nSPS) is 19.8. The zero-order valence-corrected chi connectivity index (χ0v) is 13.5. The molecule has 5 nitrogen and oxygen atoms in total. The second-order valence-electron chi connectivity index (χ2n) is 5.96. The van der Waals surface area contributed by atoms with E-state index in [0.717, 1.165) is 11.3 Å². The van der Waals surface area contributed by atoms with E-state index in [9.17, 15) is 13.6 Å². The van der Waals surface area contributed by atoms with Crippen LogP contribution in [0.1, 0.15) is 47.3 Å². The molecule has 0 unspecified atom stereocenters. The molecule has 1 aliphatic rings. The number of nitrogens with zero attached hydrogens (tertiary/aromatic N) is 1. The summed E-state index contributed by atoms with van der Waals surface area (Å²) in [6.07, 6.45) is 0.530. The average Bonchev–Trinajstić information content (AvgIpc) is 2.94. The van der Waals surface area contributed by atoms with Crippen molar-refractivity contribution in [3.05, 3.63) is 52.3 Å². The Kier molecular flexibility index (Phi) is 4.62. The summed E-state index contributed by atoms with van der Waals surface area (Å²) in [7, 11) is 0. The molecule has 1 aliphatic heterocycles. The van der Waals surface area contributed by atoms with Crippen LogP contribution in [0.2, 0.25) is 0 Å². The molecule has 0 spiro atoms. The molecule has 3 rings (SSSR count). The van der Waals surface area contributed by atoms with Gasteiger partial charge in [0.1, 0.15) is 11.6 Å². The fourth-order valence-electron chi connectivity index (χ4n) is 3.02. The summed E-state index contributed by atoms with van der Waals surface area (Å²) in [6, 6.07) is 3.72. The molecule has 7 heteroatoms. The molecule has 0 bridgehead atoms. The van der Waals surface area contributed by atoms with E-state index in [0.29, 0.717) is 12.1 Å². The van der Waals surface area contributed by atoms with E-state index in [2.05, 4.69) is 15.5 Å². The molecule has 0 aliphatic carbocycles. The highest BCUT2D eigenvalue weighted by molar-refractivity contribution is 5.94. The first kappa shape index (κ1) is 16.6. The van der Waals surface area contributed by atoms with Gasteiger partial charge >= 0.3 is 0 Å². The molecule has 0 fully saturated rings.